The van der Waals surface area contributed by atoms with Gasteiger partial charge in [0.05, 0.1) is 4.90 Å². The molecule has 1 aliphatic heterocycles. The lowest BCUT2D eigenvalue weighted by Crippen LogP contribution is -2.37. The van der Waals surface area contributed by atoms with Gasteiger partial charge in [-0.25, -0.2) is 0 Å². The summed E-state index contributed by atoms with van der Waals surface area (Å²) < 4.78 is 109. The number of rotatable bonds is 4. The molecule has 0 N–H and O–H groups in total. The van der Waals surface area contributed by atoms with Gasteiger partial charge in [0.2, 0.25) is 11.6 Å². The molecule has 0 amide bonds. The Balaban J connectivity index is 1.66. The van der Waals surface area contributed by atoms with E-state index < -0.39 is 39.7 Å². The van der Waals surface area contributed by atoms with Crippen molar-refractivity contribution in [3.8, 4) is 5.69 Å². The standard InChI is InChI=1S/C19H19F6N5O2S2/c20-18(21,22)15-26-27-16(19(23,24)25)30(15)13-6-8-14(9-7-13)34(31,32)28-17-29(10-11-33-17)12-4-2-1-3-5-12/h6-9,12H,1-5,10-11H2/b28-17-. The number of nitrogens with zero attached hydrogens (tertiary/aromatic N) is 5. The molecule has 2 heterocycles. The molecule has 0 atom stereocenters. The third-order valence-electron chi connectivity index (χ3n) is 5.59. The van der Waals surface area contributed by atoms with Crippen molar-refractivity contribution < 1.29 is 34.8 Å². The molecule has 15 heteroatoms. The lowest BCUT2D eigenvalue weighted by molar-refractivity contribution is -0.153. The molecule has 2 aliphatic rings. The third kappa shape index (κ3) is 5.04. The van der Waals surface area contributed by atoms with Crippen LogP contribution < -0.4 is 0 Å². The van der Waals surface area contributed by atoms with Gasteiger partial charge < -0.3 is 4.90 Å². The van der Waals surface area contributed by atoms with E-state index in [1.54, 1.807) is 0 Å². The fraction of sp³-hybridized carbons (Fsp3) is 0.526. The number of hydrogen-bond acceptors (Lipinski definition) is 5. The number of aromatic nitrogens is 3. The van der Waals surface area contributed by atoms with Crippen LogP contribution in [0.5, 0.6) is 0 Å². The van der Waals surface area contributed by atoms with Crippen LogP contribution >= 0.6 is 11.8 Å². The van der Waals surface area contributed by atoms with Gasteiger partial charge in [0.25, 0.3) is 10.0 Å². The Morgan fingerprint density at radius 3 is 2.00 bits per heavy atom. The zero-order valence-corrected chi connectivity index (χ0v) is 19.1. The minimum absolute atomic E-state index is 0.195. The maximum atomic E-state index is 13.2. The summed E-state index contributed by atoms with van der Waals surface area (Å²) in [4.78, 5) is 1.62. The zero-order valence-electron chi connectivity index (χ0n) is 17.5. The summed E-state index contributed by atoms with van der Waals surface area (Å²) in [6, 6.07) is 3.71. The first kappa shape index (κ1) is 24.8. The van der Waals surface area contributed by atoms with Crippen LogP contribution in [0.15, 0.2) is 33.6 Å². The molecule has 34 heavy (non-hydrogen) atoms. The number of sulfonamides is 1. The highest BCUT2D eigenvalue weighted by Crippen LogP contribution is 2.36. The molecule has 0 spiro atoms. The molecule has 1 aliphatic carbocycles. The first-order valence-corrected chi connectivity index (χ1v) is 12.7. The van der Waals surface area contributed by atoms with Crippen molar-refractivity contribution in [3.63, 3.8) is 0 Å². The second-order valence-corrected chi connectivity index (χ2v) is 10.5. The minimum Gasteiger partial charge on any atom is -0.347 e. The van der Waals surface area contributed by atoms with Crippen LogP contribution in [0.25, 0.3) is 5.69 Å². The lowest BCUT2D eigenvalue weighted by atomic mass is 9.94. The van der Waals surface area contributed by atoms with Gasteiger partial charge in [-0.1, -0.05) is 31.0 Å². The fourth-order valence-electron chi connectivity index (χ4n) is 4.04. The molecule has 4 rings (SSSR count). The van der Waals surface area contributed by atoms with E-state index in [1.807, 2.05) is 4.90 Å². The first-order chi connectivity index (χ1) is 15.9. The van der Waals surface area contributed by atoms with E-state index in [1.165, 1.54) is 11.8 Å². The SMILES string of the molecule is O=S(=O)(/N=C1\SCCN1C1CCCCC1)c1ccc(-n2c(C(F)(F)F)nnc2C(F)(F)F)cc1. The van der Waals surface area contributed by atoms with E-state index in [0.717, 1.165) is 56.4 Å². The smallest absolute Gasteiger partial charge is 0.347 e. The summed E-state index contributed by atoms with van der Waals surface area (Å²) in [5.41, 5.74) is -0.588. The second kappa shape index (κ2) is 9.06. The van der Waals surface area contributed by atoms with Crippen molar-refractivity contribution in [2.45, 2.75) is 55.4 Å². The Morgan fingerprint density at radius 1 is 0.912 bits per heavy atom. The van der Waals surface area contributed by atoms with Crippen molar-refractivity contribution in [1.82, 2.24) is 19.7 Å². The highest BCUT2D eigenvalue weighted by atomic mass is 32.2. The van der Waals surface area contributed by atoms with Crippen molar-refractivity contribution in [2.75, 3.05) is 12.3 Å². The minimum atomic E-state index is -5.21. The number of hydrogen-bond donors (Lipinski definition) is 0. The summed E-state index contributed by atoms with van der Waals surface area (Å²) in [7, 11) is -4.24. The molecule has 186 valence electrons. The summed E-state index contributed by atoms with van der Waals surface area (Å²) >= 11 is 1.30. The predicted molar refractivity (Wildman–Crippen MR) is 112 cm³/mol. The molecule has 0 bridgehead atoms. The Hall–Kier alpha value is -2.29. The summed E-state index contributed by atoms with van der Waals surface area (Å²) in [5.74, 6) is -3.07. The van der Waals surface area contributed by atoms with Gasteiger partial charge in [0, 0.05) is 24.0 Å². The highest BCUT2D eigenvalue weighted by molar-refractivity contribution is 8.14. The van der Waals surface area contributed by atoms with Gasteiger partial charge >= 0.3 is 12.4 Å². The molecule has 1 saturated carbocycles. The summed E-state index contributed by atoms with van der Waals surface area (Å²) in [6.45, 7) is 0.663. The van der Waals surface area contributed by atoms with Crippen molar-refractivity contribution >= 4 is 27.0 Å². The van der Waals surface area contributed by atoms with Crippen molar-refractivity contribution in [3.05, 3.63) is 35.9 Å². The average Bonchev–Trinajstić information content (AvgIpc) is 3.41. The highest BCUT2D eigenvalue weighted by Gasteiger charge is 2.45. The fourth-order valence-corrected chi connectivity index (χ4v) is 6.32. The van der Waals surface area contributed by atoms with Gasteiger partial charge in [-0.3, -0.25) is 4.57 Å². The summed E-state index contributed by atoms with van der Waals surface area (Å²) in [6.07, 6.45) is -5.31. The first-order valence-electron chi connectivity index (χ1n) is 10.3. The molecule has 1 aromatic heterocycles. The maximum absolute atomic E-state index is 13.2. The third-order valence-corrected chi connectivity index (χ3v) is 7.95. The second-order valence-electron chi connectivity index (χ2n) is 7.85. The molecule has 1 saturated heterocycles. The quantitative estimate of drug-likeness (QED) is 0.535. The topological polar surface area (TPSA) is 80.5 Å². The Labute approximate surface area is 195 Å². The van der Waals surface area contributed by atoms with Crippen LogP contribution in [0, 0.1) is 0 Å². The number of halogens is 6. The van der Waals surface area contributed by atoms with E-state index in [-0.39, 0.29) is 15.5 Å². The molecular formula is C19H19F6N5O2S2. The molecule has 2 aromatic rings. The molecule has 0 radical (unpaired) electrons. The van der Waals surface area contributed by atoms with Crippen LogP contribution in [-0.4, -0.2) is 51.6 Å². The van der Waals surface area contributed by atoms with E-state index in [0.29, 0.717) is 17.5 Å². The van der Waals surface area contributed by atoms with Gasteiger partial charge in [-0.2, -0.15) is 34.8 Å². The van der Waals surface area contributed by atoms with Gasteiger partial charge in [0.1, 0.15) is 0 Å². The molecule has 1 aromatic carbocycles. The van der Waals surface area contributed by atoms with Crippen LogP contribution in [-0.2, 0) is 22.4 Å². The monoisotopic (exact) mass is 527 g/mol. The average molecular weight is 528 g/mol. The Morgan fingerprint density at radius 2 is 1.47 bits per heavy atom. The maximum Gasteiger partial charge on any atom is 0.452 e. The Bertz CT molecular complexity index is 1140. The van der Waals surface area contributed by atoms with Gasteiger partial charge in [-0.15, -0.1) is 14.6 Å². The van der Waals surface area contributed by atoms with Crippen LogP contribution in [0.2, 0.25) is 0 Å². The van der Waals surface area contributed by atoms with E-state index >= 15 is 0 Å². The largest absolute Gasteiger partial charge is 0.452 e. The van der Waals surface area contributed by atoms with Crippen molar-refractivity contribution in [2.24, 2.45) is 4.40 Å². The van der Waals surface area contributed by atoms with E-state index in [2.05, 4.69) is 14.6 Å². The molecular weight excluding hydrogens is 508 g/mol. The molecule has 7 nitrogen and oxygen atoms in total. The molecule has 2 fully saturated rings. The van der Waals surface area contributed by atoms with Crippen molar-refractivity contribution in [1.29, 1.82) is 0 Å². The normalized spacial score (nSPS) is 19.8. The number of benzene rings is 1. The number of thioether (sulfide) groups is 1. The van der Waals surface area contributed by atoms with Crippen LogP contribution in [0.1, 0.15) is 43.8 Å². The zero-order chi connectivity index (χ0) is 24.7. The van der Waals surface area contributed by atoms with E-state index in [4.69, 9.17) is 0 Å². The summed E-state index contributed by atoms with van der Waals surface area (Å²) in [5, 5.41) is 5.64. The Kier molecular flexibility index (Phi) is 6.61. The lowest BCUT2D eigenvalue weighted by Gasteiger charge is -2.31. The van der Waals surface area contributed by atoms with Gasteiger partial charge in [-0.05, 0) is 37.1 Å². The van der Waals surface area contributed by atoms with Crippen LogP contribution in [0.3, 0.4) is 0 Å². The molecule has 0 unspecified atom stereocenters. The number of alkyl halides is 6. The van der Waals surface area contributed by atoms with Crippen LogP contribution in [0.4, 0.5) is 26.3 Å². The van der Waals surface area contributed by atoms with Gasteiger partial charge in [0.15, 0.2) is 5.17 Å². The predicted octanol–water partition coefficient (Wildman–Crippen LogP) is 4.73. The number of amidine groups is 1. The van der Waals surface area contributed by atoms with E-state index in [9.17, 15) is 34.8 Å².